The number of nitrogens with zero attached hydrogens (tertiary/aromatic N) is 1. The SMILES string of the molecule is C/C(=C\O)C(=O)OC(C)N=C=O. The highest BCUT2D eigenvalue weighted by Gasteiger charge is 2.09. The summed E-state index contributed by atoms with van der Waals surface area (Å²) >= 11 is 0. The molecule has 0 aromatic rings. The Morgan fingerprint density at radius 3 is 2.75 bits per heavy atom. The number of hydrogen-bond donors (Lipinski definition) is 1. The first-order valence-electron chi connectivity index (χ1n) is 3.20. The standard InChI is InChI=1S/C7H9NO4/c1-5(3-9)7(11)12-6(2)8-4-10/h3,6,9H,1-2H3/b5-3+. The summed E-state index contributed by atoms with van der Waals surface area (Å²) < 4.78 is 4.55. The Kier molecular flexibility index (Phi) is 4.41. The lowest BCUT2D eigenvalue weighted by atomic mass is 10.3. The smallest absolute Gasteiger partial charge is 0.338 e. The highest BCUT2D eigenvalue weighted by Crippen LogP contribution is 1.99. The number of hydrogen-bond acceptors (Lipinski definition) is 5. The van der Waals surface area contributed by atoms with Crippen LogP contribution in [-0.4, -0.2) is 23.4 Å². The van der Waals surface area contributed by atoms with Gasteiger partial charge < -0.3 is 9.84 Å². The lowest BCUT2D eigenvalue weighted by Crippen LogP contribution is -2.13. The number of esters is 1. The van der Waals surface area contributed by atoms with Gasteiger partial charge in [0.1, 0.15) is 0 Å². The predicted octanol–water partition coefficient (Wildman–Crippen LogP) is 0.673. The van der Waals surface area contributed by atoms with Crippen molar-refractivity contribution in [2.75, 3.05) is 0 Å². The molecule has 0 bridgehead atoms. The Morgan fingerprint density at radius 2 is 2.33 bits per heavy atom. The Labute approximate surface area is 69.4 Å². The molecule has 0 amide bonds. The van der Waals surface area contributed by atoms with Crippen LogP contribution in [0.5, 0.6) is 0 Å². The largest absolute Gasteiger partial charge is 0.515 e. The normalized spacial score (nSPS) is 13.0. The van der Waals surface area contributed by atoms with Crippen LogP contribution < -0.4 is 0 Å². The monoisotopic (exact) mass is 171 g/mol. The van der Waals surface area contributed by atoms with Crippen molar-refractivity contribution in [1.82, 2.24) is 0 Å². The molecule has 1 unspecified atom stereocenters. The molecule has 0 heterocycles. The molecule has 0 aromatic heterocycles. The molecule has 0 rings (SSSR count). The Balaban J connectivity index is 4.10. The number of carbonyl (C=O) groups excluding carboxylic acids is 2. The molecule has 0 fully saturated rings. The second-order valence-corrected chi connectivity index (χ2v) is 2.04. The van der Waals surface area contributed by atoms with E-state index in [0.29, 0.717) is 6.26 Å². The maximum absolute atomic E-state index is 10.8. The molecule has 0 saturated carbocycles. The van der Waals surface area contributed by atoms with Gasteiger partial charge in [-0.25, -0.2) is 9.59 Å². The Hall–Kier alpha value is -1.61. The summed E-state index contributed by atoms with van der Waals surface area (Å²) in [4.78, 5) is 23.6. The molecule has 5 nitrogen and oxygen atoms in total. The van der Waals surface area contributed by atoms with Crippen LogP contribution in [0.2, 0.25) is 0 Å². The fourth-order valence-corrected chi connectivity index (χ4v) is 0.401. The fourth-order valence-electron chi connectivity index (χ4n) is 0.401. The summed E-state index contributed by atoms with van der Waals surface area (Å²) in [5.74, 6) is -0.719. The third kappa shape index (κ3) is 3.53. The minimum Gasteiger partial charge on any atom is -0.515 e. The quantitative estimate of drug-likeness (QED) is 0.222. The number of aliphatic hydroxyl groups is 1. The van der Waals surface area contributed by atoms with Gasteiger partial charge in [0.2, 0.25) is 12.3 Å². The van der Waals surface area contributed by atoms with Gasteiger partial charge in [-0.15, -0.1) is 0 Å². The van der Waals surface area contributed by atoms with Crippen LogP contribution in [0.4, 0.5) is 0 Å². The summed E-state index contributed by atoms with van der Waals surface area (Å²) in [5, 5.41) is 8.38. The van der Waals surface area contributed by atoms with Crippen LogP contribution in [0.1, 0.15) is 13.8 Å². The number of aliphatic imine (C=N–C) groups is 1. The topological polar surface area (TPSA) is 76.0 Å². The van der Waals surface area contributed by atoms with E-state index in [1.165, 1.54) is 19.9 Å². The number of rotatable bonds is 3. The van der Waals surface area contributed by atoms with Crippen molar-refractivity contribution in [3.63, 3.8) is 0 Å². The predicted molar refractivity (Wildman–Crippen MR) is 40.1 cm³/mol. The van der Waals surface area contributed by atoms with Gasteiger partial charge in [0, 0.05) is 0 Å². The molecular weight excluding hydrogens is 162 g/mol. The van der Waals surface area contributed by atoms with E-state index in [1.807, 2.05) is 0 Å². The molecular formula is C7H9NO4. The van der Waals surface area contributed by atoms with Crippen LogP contribution in [0.15, 0.2) is 16.8 Å². The second kappa shape index (κ2) is 5.09. The first-order chi connectivity index (χ1) is 5.61. The molecule has 0 aliphatic heterocycles. The van der Waals surface area contributed by atoms with E-state index in [0.717, 1.165) is 0 Å². The molecule has 0 aliphatic rings. The van der Waals surface area contributed by atoms with Crippen LogP contribution in [0.25, 0.3) is 0 Å². The lowest BCUT2D eigenvalue weighted by Gasteiger charge is -2.05. The van der Waals surface area contributed by atoms with E-state index in [9.17, 15) is 9.59 Å². The first kappa shape index (κ1) is 10.4. The number of aliphatic hydroxyl groups excluding tert-OH is 1. The molecule has 0 aliphatic carbocycles. The second-order valence-electron chi connectivity index (χ2n) is 2.04. The lowest BCUT2D eigenvalue weighted by molar-refractivity contribution is -0.143. The highest BCUT2D eigenvalue weighted by molar-refractivity contribution is 5.87. The molecule has 0 saturated heterocycles. The van der Waals surface area contributed by atoms with Crippen molar-refractivity contribution in [2.45, 2.75) is 20.1 Å². The molecule has 0 radical (unpaired) electrons. The van der Waals surface area contributed by atoms with Crippen LogP contribution in [0.3, 0.4) is 0 Å². The van der Waals surface area contributed by atoms with E-state index in [-0.39, 0.29) is 5.57 Å². The summed E-state index contributed by atoms with van der Waals surface area (Å²) in [6.07, 6.45) is 1.000. The summed E-state index contributed by atoms with van der Waals surface area (Å²) in [6.45, 7) is 2.78. The van der Waals surface area contributed by atoms with E-state index < -0.39 is 12.2 Å². The highest BCUT2D eigenvalue weighted by atomic mass is 16.6. The molecule has 0 spiro atoms. The minimum absolute atomic E-state index is 0.0444. The van der Waals surface area contributed by atoms with Gasteiger partial charge in [0.05, 0.1) is 11.8 Å². The van der Waals surface area contributed by atoms with Crippen molar-refractivity contribution in [3.05, 3.63) is 11.8 Å². The molecule has 12 heavy (non-hydrogen) atoms. The molecule has 5 heteroatoms. The molecule has 66 valence electrons. The van der Waals surface area contributed by atoms with Gasteiger partial charge in [-0.1, -0.05) is 0 Å². The number of ether oxygens (including phenoxy) is 1. The Morgan fingerprint density at radius 1 is 1.75 bits per heavy atom. The molecule has 1 N–H and O–H groups in total. The van der Waals surface area contributed by atoms with Gasteiger partial charge in [-0.3, -0.25) is 0 Å². The van der Waals surface area contributed by atoms with E-state index in [4.69, 9.17) is 5.11 Å². The van der Waals surface area contributed by atoms with Gasteiger partial charge in [-0.2, -0.15) is 4.99 Å². The Bertz CT molecular complexity index is 240. The zero-order chi connectivity index (χ0) is 9.56. The van der Waals surface area contributed by atoms with Crippen LogP contribution >= 0.6 is 0 Å². The zero-order valence-electron chi connectivity index (χ0n) is 6.77. The number of isocyanates is 1. The van der Waals surface area contributed by atoms with E-state index >= 15 is 0 Å². The van der Waals surface area contributed by atoms with Gasteiger partial charge in [0.25, 0.3) is 0 Å². The van der Waals surface area contributed by atoms with Gasteiger partial charge >= 0.3 is 5.97 Å². The van der Waals surface area contributed by atoms with Crippen molar-refractivity contribution in [3.8, 4) is 0 Å². The minimum atomic E-state index is -0.870. The van der Waals surface area contributed by atoms with Gasteiger partial charge in [0.15, 0.2) is 0 Å². The average molecular weight is 171 g/mol. The summed E-state index contributed by atoms with van der Waals surface area (Å²) in [6, 6.07) is 0. The summed E-state index contributed by atoms with van der Waals surface area (Å²) in [7, 11) is 0. The average Bonchev–Trinajstić information content (AvgIpc) is 2.03. The van der Waals surface area contributed by atoms with Crippen molar-refractivity contribution in [1.29, 1.82) is 0 Å². The van der Waals surface area contributed by atoms with Crippen molar-refractivity contribution < 1.29 is 19.4 Å². The van der Waals surface area contributed by atoms with E-state index in [2.05, 4.69) is 9.73 Å². The maximum atomic E-state index is 10.8. The fraction of sp³-hybridized carbons (Fsp3) is 0.429. The first-order valence-corrected chi connectivity index (χ1v) is 3.20. The summed E-state index contributed by atoms with van der Waals surface area (Å²) in [5.41, 5.74) is 0.0444. The van der Waals surface area contributed by atoms with Gasteiger partial charge in [-0.05, 0) is 13.8 Å². The third-order valence-corrected chi connectivity index (χ3v) is 1.03. The van der Waals surface area contributed by atoms with E-state index in [1.54, 1.807) is 0 Å². The van der Waals surface area contributed by atoms with Crippen molar-refractivity contribution in [2.24, 2.45) is 4.99 Å². The molecule has 0 aromatic carbocycles. The molecule has 1 atom stereocenters. The van der Waals surface area contributed by atoms with Crippen LogP contribution in [-0.2, 0) is 14.3 Å². The van der Waals surface area contributed by atoms with Crippen molar-refractivity contribution >= 4 is 12.0 Å². The number of carbonyl (C=O) groups is 1. The zero-order valence-corrected chi connectivity index (χ0v) is 6.77. The maximum Gasteiger partial charge on any atom is 0.338 e. The third-order valence-electron chi connectivity index (χ3n) is 1.03. The van der Waals surface area contributed by atoms with Crippen LogP contribution in [0, 0.1) is 0 Å².